The molecule has 178 valence electrons. The van der Waals surface area contributed by atoms with E-state index in [0.29, 0.717) is 11.6 Å². The molecule has 2 fully saturated rings. The summed E-state index contributed by atoms with van der Waals surface area (Å²) in [5, 5.41) is 3.44. The fourth-order valence-corrected chi connectivity index (χ4v) is 6.52. The number of carbonyl (C=O) groups excluding carboxylic acids is 1. The summed E-state index contributed by atoms with van der Waals surface area (Å²) in [6, 6.07) is 17.9. The standard InChI is InChI=1S/C22H27ClN4O4S2/c1-21(12-13-26(15-21)14-18-8-4-2-5-9-18)25-22(16-32-17-27(22)23)31-20(28)24-33(29,30)19-10-6-3-7-11-19/h2-11,25H,12-17H2,1H3,(H,24,28)/t21?,22-/m1/s1. The molecule has 1 amide bonds. The van der Waals surface area contributed by atoms with Crippen molar-refractivity contribution in [3.8, 4) is 0 Å². The van der Waals surface area contributed by atoms with Crippen LogP contribution in [0.3, 0.4) is 0 Å². The third-order valence-corrected chi connectivity index (χ3v) is 8.62. The number of thioether (sulfide) groups is 1. The molecule has 2 heterocycles. The second-order valence-electron chi connectivity index (χ2n) is 8.56. The molecule has 2 saturated heterocycles. The van der Waals surface area contributed by atoms with Gasteiger partial charge in [-0.3, -0.25) is 10.2 Å². The predicted octanol–water partition coefficient (Wildman–Crippen LogP) is 3.17. The SMILES string of the molecule is CC1(N[C@]2(OC(=O)NS(=O)(=O)c3ccccc3)CSCN2Cl)CCN(Cc2ccccc2)C1. The van der Waals surface area contributed by atoms with Crippen LogP contribution in [0.25, 0.3) is 0 Å². The van der Waals surface area contributed by atoms with Crippen molar-refractivity contribution in [2.45, 2.75) is 36.2 Å². The summed E-state index contributed by atoms with van der Waals surface area (Å²) in [6.07, 6.45) is -0.258. The third-order valence-electron chi connectivity index (χ3n) is 5.73. The summed E-state index contributed by atoms with van der Waals surface area (Å²) in [7, 11) is -4.06. The maximum atomic E-state index is 12.7. The van der Waals surface area contributed by atoms with Crippen LogP contribution in [0.2, 0.25) is 0 Å². The molecule has 2 aliphatic heterocycles. The molecule has 33 heavy (non-hydrogen) atoms. The van der Waals surface area contributed by atoms with Crippen LogP contribution < -0.4 is 10.0 Å². The average Bonchev–Trinajstić information content (AvgIpc) is 3.31. The summed E-state index contributed by atoms with van der Waals surface area (Å²) in [5.74, 6) is -0.541. The molecule has 0 bridgehead atoms. The zero-order chi connectivity index (χ0) is 23.5. The number of amides is 1. The Hall–Kier alpha value is -1.82. The zero-order valence-electron chi connectivity index (χ0n) is 18.2. The van der Waals surface area contributed by atoms with E-state index in [4.69, 9.17) is 16.5 Å². The lowest BCUT2D eigenvalue weighted by molar-refractivity contribution is -0.0809. The van der Waals surface area contributed by atoms with E-state index in [1.807, 2.05) is 22.9 Å². The van der Waals surface area contributed by atoms with Gasteiger partial charge in [0.15, 0.2) is 0 Å². The van der Waals surface area contributed by atoms with Gasteiger partial charge in [0, 0.05) is 25.2 Å². The number of nitrogens with zero attached hydrogens (tertiary/aromatic N) is 2. The van der Waals surface area contributed by atoms with Crippen molar-refractivity contribution in [2.24, 2.45) is 0 Å². The van der Waals surface area contributed by atoms with Crippen molar-refractivity contribution in [3.05, 3.63) is 66.2 Å². The average molecular weight is 511 g/mol. The Morgan fingerprint density at radius 1 is 1.15 bits per heavy atom. The molecule has 4 rings (SSSR count). The number of sulfonamides is 1. The minimum atomic E-state index is -4.06. The highest BCUT2D eigenvalue weighted by atomic mass is 35.5. The van der Waals surface area contributed by atoms with E-state index >= 15 is 0 Å². The Bertz CT molecular complexity index is 1080. The number of hydrogen-bond donors (Lipinski definition) is 2. The van der Waals surface area contributed by atoms with E-state index in [0.717, 1.165) is 26.1 Å². The summed E-state index contributed by atoms with van der Waals surface area (Å²) in [5.41, 5.74) is 0.847. The first kappa shape index (κ1) is 24.3. The van der Waals surface area contributed by atoms with Crippen molar-refractivity contribution < 1.29 is 17.9 Å². The van der Waals surface area contributed by atoms with Crippen molar-refractivity contribution >= 4 is 39.7 Å². The van der Waals surface area contributed by atoms with Gasteiger partial charge in [-0.05, 0) is 42.8 Å². The normalized spacial score (nSPS) is 26.4. The first-order chi connectivity index (χ1) is 15.7. The second kappa shape index (κ2) is 9.81. The van der Waals surface area contributed by atoms with E-state index in [1.165, 1.54) is 33.9 Å². The largest absolute Gasteiger partial charge is 0.424 e. The highest BCUT2D eigenvalue weighted by Gasteiger charge is 2.51. The minimum Gasteiger partial charge on any atom is -0.411 e. The Balaban J connectivity index is 1.44. The maximum Gasteiger partial charge on any atom is 0.424 e. The Labute approximate surface area is 203 Å². The molecule has 2 aromatic carbocycles. The molecule has 0 saturated carbocycles. The minimum absolute atomic E-state index is 0.0215. The molecule has 2 aliphatic rings. The van der Waals surface area contributed by atoms with Gasteiger partial charge in [0.1, 0.15) is 0 Å². The van der Waals surface area contributed by atoms with Gasteiger partial charge in [-0.2, -0.15) is 4.42 Å². The molecule has 2 aromatic rings. The van der Waals surface area contributed by atoms with E-state index in [2.05, 4.69) is 29.3 Å². The summed E-state index contributed by atoms with van der Waals surface area (Å²) < 4.78 is 34.1. The summed E-state index contributed by atoms with van der Waals surface area (Å²) in [4.78, 5) is 15.0. The van der Waals surface area contributed by atoms with Gasteiger partial charge < -0.3 is 4.74 Å². The zero-order valence-corrected chi connectivity index (χ0v) is 20.6. The van der Waals surface area contributed by atoms with Gasteiger partial charge in [-0.25, -0.2) is 17.9 Å². The van der Waals surface area contributed by atoms with E-state index in [-0.39, 0.29) is 10.4 Å². The molecule has 2 N–H and O–H groups in total. The van der Waals surface area contributed by atoms with Gasteiger partial charge in [-0.15, -0.1) is 11.8 Å². The number of likely N-dealkylation sites (tertiary alicyclic amines) is 1. The fourth-order valence-electron chi connectivity index (χ4n) is 4.19. The molecule has 0 aliphatic carbocycles. The number of benzene rings is 2. The van der Waals surface area contributed by atoms with E-state index in [9.17, 15) is 13.2 Å². The summed E-state index contributed by atoms with van der Waals surface area (Å²) >= 11 is 7.95. The third kappa shape index (κ3) is 5.82. The van der Waals surface area contributed by atoms with Crippen molar-refractivity contribution in [3.63, 3.8) is 0 Å². The molecule has 0 radical (unpaired) electrons. The highest BCUT2D eigenvalue weighted by Crippen LogP contribution is 2.36. The molecule has 0 spiro atoms. The van der Waals surface area contributed by atoms with Crippen LogP contribution in [-0.4, -0.2) is 59.9 Å². The number of rotatable bonds is 7. The van der Waals surface area contributed by atoms with Crippen LogP contribution in [0.5, 0.6) is 0 Å². The Kier molecular flexibility index (Phi) is 7.23. The first-order valence-corrected chi connectivity index (χ1v) is 13.6. The van der Waals surface area contributed by atoms with Gasteiger partial charge in [-0.1, -0.05) is 48.5 Å². The van der Waals surface area contributed by atoms with Crippen LogP contribution in [0.15, 0.2) is 65.6 Å². The van der Waals surface area contributed by atoms with Crippen LogP contribution in [0, 0.1) is 0 Å². The number of carbonyl (C=O) groups is 1. The lowest BCUT2D eigenvalue weighted by Gasteiger charge is -2.40. The van der Waals surface area contributed by atoms with Crippen molar-refractivity contribution in [1.82, 2.24) is 19.4 Å². The molecule has 2 atom stereocenters. The second-order valence-corrected chi connectivity index (χ2v) is 11.6. The highest BCUT2D eigenvalue weighted by molar-refractivity contribution is 7.99. The van der Waals surface area contributed by atoms with Crippen molar-refractivity contribution in [2.75, 3.05) is 24.7 Å². The topological polar surface area (TPSA) is 91.0 Å². The van der Waals surface area contributed by atoms with Crippen LogP contribution in [0.4, 0.5) is 4.79 Å². The van der Waals surface area contributed by atoms with Gasteiger partial charge >= 0.3 is 6.09 Å². The number of halogens is 1. The van der Waals surface area contributed by atoms with Crippen LogP contribution in [-0.2, 0) is 21.3 Å². The van der Waals surface area contributed by atoms with Crippen molar-refractivity contribution in [1.29, 1.82) is 0 Å². The van der Waals surface area contributed by atoms with Gasteiger partial charge in [0.05, 0.1) is 16.5 Å². The molecule has 8 nitrogen and oxygen atoms in total. The monoisotopic (exact) mass is 510 g/mol. The fraction of sp³-hybridized carbons (Fsp3) is 0.409. The smallest absolute Gasteiger partial charge is 0.411 e. The van der Waals surface area contributed by atoms with E-state index < -0.39 is 22.0 Å². The van der Waals surface area contributed by atoms with E-state index in [1.54, 1.807) is 18.2 Å². The first-order valence-electron chi connectivity index (χ1n) is 10.6. The Morgan fingerprint density at radius 2 is 1.82 bits per heavy atom. The molecule has 11 heteroatoms. The summed E-state index contributed by atoms with van der Waals surface area (Å²) in [6.45, 7) is 4.49. The van der Waals surface area contributed by atoms with Gasteiger partial charge in [0.25, 0.3) is 10.0 Å². The maximum absolute atomic E-state index is 12.7. The van der Waals surface area contributed by atoms with Crippen LogP contribution in [0.1, 0.15) is 18.9 Å². The van der Waals surface area contributed by atoms with Crippen LogP contribution >= 0.6 is 23.5 Å². The number of nitrogens with one attached hydrogen (secondary N) is 2. The number of hydrogen-bond acceptors (Lipinski definition) is 8. The molecule has 0 aromatic heterocycles. The molecule has 1 unspecified atom stereocenters. The molecular formula is C22H27ClN4O4S2. The Morgan fingerprint density at radius 3 is 2.45 bits per heavy atom. The lowest BCUT2D eigenvalue weighted by Crippen LogP contribution is -2.65. The lowest BCUT2D eigenvalue weighted by atomic mass is 10.0. The predicted molar refractivity (Wildman–Crippen MR) is 129 cm³/mol. The number of ether oxygens (including phenoxy) is 1. The van der Waals surface area contributed by atoms with Gasteiger partial charge in [0.2, 0.25) is 5.85 Å². The quantitative estimate of drug-likeness (QED) is 0.433. The molecular weight excluding hydrogens is 484 g/mol.